The Balaban J connectivity index is 5.23. The van der Waals surface area contributed by atoms with Crippen molar-refractivity contribution in [1.82, 2.24) is 16.0 Å². The minimum absolute atomic E-state index is 0.0688. The van der Waals surface area contributed by atoms with Crippen molar-refractivity contribution < 1.29 is 39.0 Å². The molecule has 9 N–H and O–H groups in total. The van der Waals surface area contributed by atoms with Gasteiger partial charge < -0.3 is 37.6 Å². The van der Waals surface area contributed by atoms with Crippen molar-refractivity contribution in [2.24, 2.45) is 17.4 Å². The molecule has 0 saturated heterocycles. The van der Waals surface area contributed by atoms with Gasteiger partial charge in [0.25, 0.3) is 0 Å². The van der Waals surface area contributed by atoms with Crippen molar-refractivity contribution in [2.45, 2.75) is 57.7 Å². The van der Waals surface area contributed by atoms with E-state index in [2.05, 4.69) is 16.0 Å². The molecule has 30 heavy (non-hydrogen) atoms. The highest BCUT2D eigenvalue weighted by atomic mass is 16.4. The minimum atomic E-state index is -1.32. The fraction of sp³-hybridized carbons (Fsp3) is 0.647. The molecule has 4 amide bonds. The fourth-order valence-corrected chi connectivity index (χ4v) is 2.31. The normalized spacial score (nSPS) is 13.6. The van der Waals surface area contributed by atoms with Crippen LogP contribution in [0.5, 0.6) is 0 Å². The van der Waals surface area contributed by atoms with Gasteiger partial charge in [-0.2, -0.15) is 0 Å². The molecule has 0 aliphatic carbocycles. The second-order valence-corrected chi connectivity index (χ2v) is 6.95. The summed E-state index contributed by atoms with van der Waals surface area (Å²) in [6.07, 6.45) is -0.955. The van der Waals surface area contributed by atoms with Crippen LogP contribution in [0.1, 0.15) is 39.5 Å². The fourth-order valence-electron chi connectivity index (χ4n) is 2.31. The number of carboxylic acid groups (broad SMARTS) is 2. The average Bonchev–Trinajstić information content (AvgIpc) is 2.64. The van der Waals surface area contributed by atoms with Gasteiger partial charge >= 0.3 is 11.9 Å². The van der Waals surface area contributed by atoms with Gasteiger partial charge in [0.1, 0.15) is 18.6 Å². The van der Waals surface area contributed by atoms with Crippen molar-refractivity contribution in [3.05, 3.63) is 0 Å². The van der Waals surface area contributed by atoms with Gasteiger partial charge in [0.15, 0.2) is 0 Å². The smallest absolute Gasteiger partial charge is 0.322 e. The van der Waals surface area contributed by atoms with Gasteiger partial charge in [-0.25, -0.2) is 0 Å². The Kier molecular flexibility index (Phi) is 11.7. The number of hydrogen-bond acceptors (Lipinski definition) is 7. The van der Waals surface area contributed by atoms with E-state index in [0.29, 0.717) is 0 Å². The van der Waals surface area contributed by atoms with Crippen molar-refractivity contribution in [3.8, 4) is 0 Å². The van der Waals surface area contributed by atoms with Gasteiger partial charge in [0.05, 0.1) is 6.04 Å². The van der Waals surface area contributed by atoms with E-state index in [1.165, 1.54) is 0 Å². The van der Waals surface area contributed by atoms with Gasteiger partial charge in [0, 0.05) is 12.8 Å². The number of primary amides is 1. The van der Waals surface area contributed by atoms with E-state index in [0.717, 1.165) is 0 Å². The van der Waals surface area contributed by atoms with Crippen LogP contribution in [0.2, 0.25) is 0 Å². The summed E-state index contributed by atoms with van der Waals surface area (Å²) in [5, 5.41) is 24.4. The number of hydrogen-bond donors (Lipinski definition) is 7. The maximum atomic E-state index is 12.6. The number of carbonyl (C=O) groups is 6. The van der Waals surface area contributed by atoms with Crippen molar-refractivity contribution in [2.75, 3.05) is 6.54 Å². The molecule has 0 saturated carbocycles. The van der Waals surface area contributed by atoms with Crippen molar-refractivity contribution in [1.29, 1.82) is 0 Å². The van der Waals surface area contributed by atoms with E-state index < -0.39 is 72.6 Å². The van der Waals surface area contributed by atoms with Gasteiger partial charge in [-0.05, 0) is 18.8 Å². The van der Waals surface area contributed by atoms with Crippen LogP contribution in [0.3, 0.4) is 0 Å². The molecule has 0 radical (unpaired) electrons. The summed E-state index contributed by atoms with van der Waals surface area (Å²) in [6, 6.07) is -3.59. The van der Waals surface area contributed by atoms with Crippen LogP contribution in [0.15, 0.2) is 0 Å². The Bertz CT molecular complexity index is 667. The topological polar surface area (TPSA) is 231 Å². The third-order valence-corrected chi connectivity index (χ3v) is 3.98. The predicted molar refractivity (Wildman–Crippen MR) is 103 cm³/mol. The Morgan fingerprint density at radius 1 is 0.833 bits per heavy atom. The molecular weight excluding hydrogens is 402 g/mol. The molecule has 0 bridgehead atoms. The third-order valence-electron chi connectivity index (χ3n) is 3.98. The molecule has 0 aromatic rings. The lowest BCUT2D eigenvalue weighted by Crippen LogP contribution is -2.57. The quantitative estimate of drug-likeness (QED) is 0.151. The summed E-state index contributed by atoms with van der Waals surface area (Å²) in [4.78, 5) is 69.2. The highest BCUT2D eigenvalue weighted by Crippen LogP contribution is 2.06. The van der Waals surface area contributed by atoms with Crippen molar-refractivity contribution >= 4 is 35.6 Å². The average molecular weight is 431 g/mol. The number of amides is 4. The second kappa shape index (κ2) is 13.1. The second-order valence-electron chi connectivity index (χ2n) is 6.95. The SMILES string of the molecule is CC(C)C(NC(=O)C(CCC(=O)O)NC(=O)C(N)CCC(N)=O)C(=O)NCC(=O)O. The van der Waals surface area contributed by atoms with Crippen LogP contribution in [-0.2, 0) is 28.8 Å². The zero-order valence-corrected chi connectivity index (χ0v) is 16.8. The molecule has 170 valence electrons. The molecule has 0 fully saturated rings. The molecule has 0 heterocycles. The van der Waals surface area contributed by atoms with E-state index in [4.69, 9.17) is 21.7 Å². The summed E-state index contributed by atoms with van der Waals surface area (Å²) >= 11 is 0. The van der Waals surface area contributed by atoms with Gasteiger partial charge in [-0.3, -0.25) is 28.8 Å². The monoisotopic (exact) mass is 431 g/mol. The van der Waals surface area contributed by atoms with Crippen LogP contribution in [0.25, 0.3) is 0 Å². The lowest BCUT2D eigenvalue weighted by atomic mass is 10.0. The first kappa shape index (κ1) is 26.8. The van der Waals surface area contributed by atoms with Gasteiger partial charge in [0.2, 0.25) is 23.6 Å². The number of aliphatic carboxylic acids is 2. The zero-order chi connectivity index (χ0) is 23.4. The van der Waals surface area contributed by atoms with Crippen LogP contribution < -0.4 is 27.4 Å². The van der Waals surface area contributed by atoms with E-state index in [1.54, 1.807) is 13.8 Å². The number of carbonyl (C=O) groups excluding carboxylic acids is 4. The summed E-state index contributed by atoms with van der Waals surface area (Å²) in [5.74, 6) is -5.95. The van der Waals surface area contributed by atoms with E-state index in [9.17, 15) is 28.8 Å². The molecule has 13 nitrogen and oxygen atoms in total. The molecule has 3 unspecified atom stereocenters. The summed E-state index contributed by atoms with van der Waals surface area (Å²) in [6.45, 7) is 2.57. The number of rotatable bonds is 14. The molecule has 0 aromatic carbocycles. The molecule has 0 aliphatic heterocycles. The molecule has 0 aromatic heterocycles. The molecule has 13 heteroatoms. The van der Waals surface area contributed by atoms with E-state index in [-0.39, 0.29) is 19.3 Å². The Hall–Kier alpha value is -3.22. The summed E-state index contributed by atoms with van der Waals surface area (Å²) in [7, 11) is 0. The zero-order valence-electron chi connectivity index (χ0n) is 16.8. The lowest BCUT2D eigenvalue weighted by Gasteiger charge is -2.25. The maximum absolute atomic E-state index is 12.6. The molecule has 0 rings (SSSR count). The van der Waals surface area contributed by atoms with Gasteiger partial charge in [-0.1, -0.05) is 13.8 Å². The molecule has 0 spiro atoms. The Labute approximate surface area is 172 Å². The largest absolute Gasteiger partial charge is 0.481 e. The summed E-state index contributed by atoms with van der Waals surface area (Å²) in [5.41, 5.74) is 10.6. The highest BCUT2D eigenvalue weighted by molar-refractivity contribution is 5.94. The standard InChI is InChI=1S/C17H29N5O8/c1-8(2)14(17(30)20-7-13(26)27)22-16(29)10(4-6-12(24)25)21-15(28)9(18)3-5-11(19)23/h8-10,14H,3-7,18H2,1-2H3,(H2,19,23)(H,20,30)(H,21,28)(H,22,29)(H,24,25)(H,26,27). The first-order chi connectivity index (χ1) is 13.8. The van der Waals surface area contributed by atoms with E-state index >= 15 is 0 Å². The highest BCUT2D eigenvalue weighted by Gasteiger charge is 2.30. The van der Waals surface area contributed by atoms with E-state index in [1.807, 2.05) is 0 Å². The predicted octanol–water partition coefficient (Wildman–Crippen LogP) is -2.73. The minimum Gasteiger partial charge on any atom is -0.481 e. The van der Waals surface area contributed by atoms with Crippen LogP contribution in [0, 0.1) is 5.92 Å². The molecule has 0 aliphatic rings. The van der Waals surface area contributed by atoms with Crippen LogP contribution in [-0.4, -0.2) is 70.5 Å². The maximum Gasteiger partial charge on any atom is 0.322 e. The number of nitrogens with one attached hydrogen (secondary N) is 3. The lowest BCUT2D eigenvalue weighted by molar-refractivity contribution is -0.139. The molecule has 3 atom stereocenters. The van der Waals surface area contributed by atoms with Crippen LogP contribution in [0.4, 0.5) is 0 Å². The number of carboxylic acids is 2. The van der Waals surface area contributed by atoms with Crippen LogP contribution >= 0.6 is 0 Å². The van der Waals surface area contributed by atoms with Gasteiger partial charge in [-0.15, -0.1) is 0 Å². The summed E-state index contributed by atoms with van der Waals surface area (Å²) < 4.78 is 0. The molecular formula is C17H29N5O8. The Morgan fingerprint density at radius 2 is 1.43 bits per heavy atom. The third kappa shape index (κ3) is 10.9. The first-order valence-corrected chi connectivity index (χ1v) is 9.21. The number of nitrogens with two attached hydrogens (primary N) is 2. The Morgan fingerprint density at radius 3 is 1.90 bits per heavy atom. The van der Waals surface area contributed by atoms with Crippen molar-refractivity contribution in [3.63, 3.8) is 0 Å². The first-order valence-electron chi connectivity index (χ1n) is 9.21.